The molecule has 0 radical (unpaired) electrons. The number of anilines is 1. The highest BCUT2D eigenvalue weighted by atomic mass is 16.3. The molecule has 0 bridgehead atoms. The van der Waals surface area contributed by atoms with Crippen molar-refractivity contribution in [2.75, 3.05) is 31.6 Å². The normalized spacial score (nSPS) is 20.7. The van der Waals surface area contributed by atoms with Crippen LogP contribution < -0.4 is 4.90 Å². The zero-order valence-corrected chi connectivity index (χ0v) is 15.2. The first-order valence-electron chi connectivity index (χ1n) is 8.91. The van der Waals surface area contributed by atoms with E-state index < -0.39 is 5.60 Å². The average Bonchev–Trinajstić information content (AvgIpc) is 3.18. The minimum absolute atomic E-state index is 0.540. The second-order valence-corrected chi connectivity index (χ2v) is 7.24. The van der Waals surface area contributed by atoms with Gasteiger partial charge in [-0.1, -0.05) is 30.3 Å². The lowest BCUT2D eigenvalue weighted by Crippen LogP contribution is -2.44. The summed E-state index contributed by atoms with van der Waals surface area (Å²) in [4.78, 5) is 4.31. The van der Waals surface area contributed by atoms with Crippen LogP contribution in [0.2, 0.25) is 0 Å². The lowest BCUT2D eigenvalue weighted by Gasteiger charge is -2.29. The second-order valence-electron chi connectivity index (χ2n) is 7.24. The molecule has 1 fully saturated rings. The van der Waals surface area contributed by atoms with E-state index in [9.17, 15) is 5.11 Å². The van der Waals surface area contributed by atoms with Gasteiger partial charge in [0.05, 0.1) is 5.60 Å². The van der Waals surface area contributed by atoms with E-state index in [-0.39, 0.29) is 0 Å². The van der Waals surface area contributed by atoms with Crippen LogP contribution in [0.15, 0.2) is 42.5 Å². The Kier molecular flexibility index (Phi) is 4.34. The minimum atomic E-state index is -0.734. The van der Waals surface area contributed by atoms with Crippen LogP contribution in [-0.2, 0) is 6.54 Å². The zero-order chi connectivity index (χ0) is 18.1. The summed E-state index contributed by atoms with van der Waals surface area (Å²) in [6.45, 7) is 4.86. The average molecular weight is 352 g/mol. The molecular weight excluding hydrogens is 328 g/mol. The van der Waals surface area contributed by atoms with Gasteiger partial charge >= 0.3 is 0 Å². The maximum Gasteiger partial charge on any atom is 0.178 e. The largest absolute Gasteiger partial charge is 0.387 e. The monoisotopic (exact) mass is 352 g/mol. The highest BCUT2D eigenvalue weighted by molar-refractivity contribution is 5.45. The minimum Gasteiger partial charge on any atom is -0.387 e. The Morgan fingerprint density at radius 3 is 2.77 bits per heavy atom. The van der Waals surface area contributed by atoms with Crippen LogP contribution in [-0.4, -0.2) is 62.1 Å². The molecule has 2 aromatic heterocycles. The third-order valence-corrected chi connectivity index (χ3v) is 4.99. The summed E-state index contributed by atoms with van der Waals surface area (Å²) in [6, 6.07) is 14.2. The summed E-state index contributed by atoms with van der Waals surface area (Å²) in [5, 5.41) is 23.7. The molecule has 1 N–H and O–H groups in total. The van der Waals surface area contributed by atoms with Gasteiger partial charge in [0, 0.05) is 33.2 Å². The first-order chi connectivity index (χ1) is 12.5. The van der Waals surface area contributed by atoms with Crippen molar-refractivity contribution in [1.82, 2.24) is 24.7 Å². The van der Waals surface area contributed by atoms with Crippen LogP contribution in [0.1, 0.15) is 17.8 Å². The summed E-state index contributed by atoms with van der Waals surface area (Å²) >= 11 is 0. The Hall–Kier alpha value is -2.51. The van der Waals surface area contributed by atoms with Crippen LogP contribution in [0.3, 0.4) is 0 Å². The van der Waals surface area contributed by atoms with E-state index in [0.29, 0.717) is 13.1 Å². The maximum atomic E-state index is 11.1. The molecule has 1 unspecified atom stereocenters. The van der Waals surface area contributed by atoms with Crippen molar-refractivity contribution in [1.29, 1.82) is 0 Å². The van der Waals surface area contributed by atoms with Crippen LogP contribution in [0.5, 0.6) is 0 Å². The smallest absolute Gasteiger partial charge is 0.178 e. The van der Waals surface area contributed by atoms with Crippen molar-refractivity contribution in [2.24, 2.45) is 0 Å². The number of nitrogens with zero attached hydrogens (tertiary/aromatic N) is 6. The Morgan fingerprint density at radius 2 is 1.96 bits per heavy atom. The molecule has 7 heteroatoms. The van der Waals surface area contributed by atoms with E-state index >= 15 is 0 Å². The number of rotatable bonds is 5. The highest BCUT2D eigenvalue weighted by Gasteiger charge is 2.37. The van der Waals surface area contributed by atoms with E-state index in [2.05, 4.69) is 44.5 Å². The van der Waals surface area contributed by atoms with Gasteiger partial charge in [-0.25, -0.2) is 0 Å². The highest BCUT2D eigenvalue weighted by Crippen LogP contribution is 2.25. The Bertz CT molecular complexity index is 895. The van der Waals surface area contributed by atoms with Gasteiger partial charge in [-0.05, 0) is 31.0 Å². The third kappa shape index (κ3) is 3.40. The van der Waals surface area contributed by atoms with Crippen LogP contribution in [0.4, 0.5) is 5.82 Å². The Morgan fingerprint density at radius 1 is 1.15 bits per heavy atom. The summed E-state index contributed by atoms with van der Waals surface area (Å²) in [7, 11) is 1.96. The molecule has 1 aromatic carbocycles. The molecule has 3 aromatic rings. The number of likely N-dealkylation sites (tertiary alicyclic amines) is 1. The summed E-state index contributed by atoms with van der Waals surface area (Å²) in [5.41, 5.74) is 1.27. The number of benzene rings is 1. The molecule has 1 aliphatic heterocycles. The number of fused-ring (bicyclic) bond motifs is 1. The first kappa shape index (κ1) is 16.9. The molecule has 3 heterocycles. The van der Waals surface area contributed by atoms with Crippen molar-refractivity contribution in [2.45, 2.75) is 25.5 Å². The first-order valence-corrected chi connectivity index (χ1v) is 8.91. The number of hydrogen-bond donors (Lipinski definition) is 1. The van der Waals surface area contributed by atoms with Gasteiger partial charge in [0.1, 0.15) is 5.82 Å². The van der Waals surface area contributed by atoms with Gasteiger partial charge < -0.3 is 10.0 Å². The molecule has 7 nitrogen and oxygen atoms in total. The molecule has 26 heavy (non-hydrogen) atoms. The molecular formula is C19H24N6O. The topological polar surface area (TPSA) is 69.8 Å². The molecule has 0 saturated carbocycles. The van der Waals surface area contributed by atoms with Gasteiger partial charge in [0.15, 0.2) is 11.5 Å². The number of aryl methyl sites for hydroxylation is 1. The van der Waals surface area contributed by atoms with Gasteiger partial charge in [-0.3, -0.25) is 4.90 Å². The standard InChI is InChI=1S/C19H24N6O/c1-15-20-21-17-8-9-18(22-25(15)17)23(2)13-19(26)10-11-24(14-19)12-16-6-4-3-5-7-16/h3-9,26H,10-14H2,1-2H3. The van der Waals surface area contributed by atoms with E-state index in [0.717, 1.165) is 36.8 Å². The van der Waals surface area contributed by atoms with Crippen LogP contribution in [0, 0.1) is 6.92 Å². The van der Waals surface area contributed by atoms with Crippen molar-refractivity contribution in [3.05, 3.63) is 53.9 Å². The number of aliphatic hydroxyl groups is 1. The molecule has 0 amide bonds. The van der Waals surface area contributed by atoms with Crippen molar-refractivity contribution >= 4 is 11.5 Å². The molecule has 4 rings (SSSR count). The fraction of sp³-hybridized carbons (Fsp3) is 0.421. The quantitative estimate of drug-likeness (QED) is 0.751. The van der Waals surface area contributed by atoms with Gasteiger partial charge in [0.25, 0.3) is 0 Å². The number of aromatic nitrogens is 4. The lowest BCUT2D eigenvalue weighted by atomic mass is 10.0. The summed E-state index contributed by atoms with van der Waals surface area (Å²) in [5.74, 6) is 1.55. The van der Waals surface area contributed by atoms with E-state index in [1.54, 1.807) is 4.52 Å². The van der Waals surface area contributed by atoms with Gasteiger partial charge in [0.2, 0.25) is 0 Å². The van der Waals surface area contributed by atoms with E-state index in [1.165, 1.54) is 5.56 Å². The molecule has 0 spiro atoms. The molecule has 1 saturated heterocycles. The van der Waals surface area contributed by atoms with Gasteiger partial charge in [-0.15, -0.1) is 15.3 Å². The van der Waals surface area contributed by atoms with E-state index in [1.807, 2.05) is 37.1 Å². The van der Waals surface area contributed by atoms with E-state index in [4.69, 9.17) is 0 Å². The Labute approximate surface area is 152 Å². The number of likely N-dealkylation sites (N-methyl/N-ethyl adjacent to an activating group) is 1. The second kappa shape index (κ2) is 6.66. The van der Waals surface area contributed by atoms with Crippen LogP contribution in [0.25, 0.3) is 5.65 Å². The van der Waals surface area contributed by atoms with Crippen molar-refractivity contribution < 1.29 is 5.11 Å². The van der Waals surface area contributed by atoms with Crippen molar-refractivity contribution in [3.8, 4) is 0 Å². The molecule has 1 aliphatic rings. The number of β-amino-alcohol motifs (C(OH)–C–C–N with tert-alkyl or cyclic N) is 1. The molecule has 136 valence electrons. The maximum absolute atomic E-state index is 11.1. The fourth-order valence-corrected chi connectivity index (χ4v) is 3.66. The predicted octanol–water partition coefficient (Wildman–Crippen LogP) is 1.51. The molecule has 0 aliphatic carbocycles. The van der Waals surface area contributed by atoms with Crippen LogP contribution >= 0.6 is 0 Å². The van der Waals surface area contributed by atoms with Crippen molar-refractivity contribution in [3.63, 3.8) is 0 Å². The predicted molar refractivity (Wildman–Crippen MR) is 100 cm³/mol. The fourth-order valence-electron chi connectivity index (χ4n) is 3.66. The number of hydrogen-bond acceptors (Lipinski definition) is 6. The summed E-state index contributed by atoms with van der Waals surface area (Å²) < 4.78 is 1.73. The third-order valence-electron chi connectivity index (χ3n) is 4.99. The zero-order valence-electron chi connectivity index (χ0n) is 15.2. The Balaban J connectivity index is 1.43. The lowest BCUT2D eigenvalue weighted by molar-refractivity contribution is 0.0560. The van der Waals surface area contributed by atoms with Gasteiger partial charge in [-0.2, -0.15) is 4.52 Å². The summed E-state index contributed by atoms with van der Waals surface area (Å²) in [6.07, 6.45) is 0.762. The SMILES string of the molecule is Cc1nnc2ccc(N(C)CC3(O)CCN(Cc4ccccc4)C3)nn12. The molecule has 1 atom stereocenters.